The quantitative estimate of drug-likeness (QED) is 0.604. The van der Waals surface area contributed by atoms with Gasteiger partial charge in [0.25, 0.3) is 0 Å². The molecule has 2 aromatic carbocycles. The summed E-state index contributed by atoms with van der Waals surface area (Å²) < 4.78 is 0. The summed E-state index contributed by atoms with van der Waals surface area (Å²) >= 11 is 5.54. The fourth-order valence-electron chi connectivity index (χ4n) is 1.05. The third kappa shape index (κ3) is 5.24. The fraction of sp³-hybridized carbons (Fsp3) is 0.143. The van der Waals surface area contributed by atoms with E-state index in [4.69, 9.17) is 11.6 Å². The highest BCUT2D eigenvalue weighted by molar-refractivity contribution is 6.30. The van der Waals surface area contributed by atoms with Gasteiger partial charge in [0.1, 0.15) is 0 Å². The van der Waals surface area contributed by atoms with Crippen molar-refractivity contribution in [3.63, 3.8) is 0 Å². The van der Waals surface area contributed by atoms with E-state index in [1.165, 1.54) is 11.1 Å². The van der Waals surface area contributed by atoms with Gasteiger partial charge in [0.2, 0.25) is 0 Å². The van der Waals surface area contributed by atoms with Crippen LogP contribution < -0.4 is 0 Å². The fourth-order valence-corrected chi connectivity index (χ4v) is 1.20. The van der Waals surface area contributed by atoms with Crippen molar-refractivity contribution in [1.29, 1.82) is 0 Å². The summed E-state index contributed by atoms with van der Waals surface area (Å²) in [6.45, 7) is 4.19. The lowest BCUT2D eigenvalue weighted by molar-refractivity contribution is 1.40. The Bertz CT molecular complexity index is 355. The van der Waals surface area contributed by atoms with Crippen LogP contribution in [0.3, 0.4) is 0 Å². The third-order valence-electron chi connectivity index (χ3n) is 1.95. The minimum absolute atomic E-state index is 0.794. The van der Waals surface area contributed by atoms with Crippen LogP contribution in [0.5, 0.6) is 0 Å². The van der Waals surface area contributed by atoms with E-state index in [0.29, 0.717) is 0 Å². The second-order valence-corrected chi connectivity index (χ2v) is 3.89. The molecule has 0 fully saturated rings. The minimum Gasteiger partial charge on any atom is -0.0843 e. The highest BCUT2D eigenvalue weighted by Gasteiger charge is 1.79. The van der Waals surface area contributed by atoms with Gasteiger partial charge in [-0.2, -0.15) is 0 Å². The van der Waals surface area contributed by atoms with Crippen LogP contribution in [0, 0.1) is 13.8 Å². The predicted molar refractivity (Wildman–Crippen MR) is 67.4 cm³/mol. The Morgan fingerprint density at radius 1 is 0.667 bits per heavy atom. The summed E-state index contributed by atoms with van der Waals surface area (Å²) in [5, 5.41) is 0.794. The number of benzene rings is 2. The Hall–Kier alpha value is -1.27. The van der Waals surface area contributed by atoms with Gasteiger partial charge in [0, 0.05) is 5.02 Å². The predicted octanol–water partition coefficient (Wildman–Crippen LogP) is 4.64. The molecule has 0 N–H and O–H groups in total. The molecule has 0 nitrogen and oxygen atoms in total. The van der Waals surface area contributed by atoms with E-state index in [2.05, 4.69) is 38.1 Å². The first-order valence-corrected chi connectivity index (χ1v) is 5.30. The highest BCUT2D eigenvalue weighted by Crippen LogP contribution is 2.03. The van der Waals surface area contributed by atoms with Crippen molar-refractivity contribution >= 4 is 11.6 Å². The van der Waals surface area contributed by atoms with E-state index in [1.807, 2.05) is 30.3 Å². The van der Waals surface area contributed by atoms with Crippen molar-refractivity contribution < 1.29 is 0 Å². The third-order valence-corrected chi connectivity index (χ3v) is 2.20. The van der Waals surface area contributed by atoms with Gasteiger partial charge < -0.3 is 0 Å². The van der Waals surface area contributed by atoms with Gasteiger partial charge in [-0.05, 0) is 26.0 Å². The average molecular weight is 219 g/mol. The maximum Gasteiger partial charge on any atom is 0.0405 e. The van der Waals surface area contributed by atoms with E-state index < -0.39 is 0 Å². The summed E-state index contributed by atoms with van der Waals surface area (Å²) in [5.41, 5.74) is 2.66. The Balaban J connectivity index is 0.000000151. The van der Waals surface area contributed by atoms with Gasteiger partial charge in [-0.25, -0.2) is 0 Å². The molecule has 0 aromatic heterocycles. The van der Waals surface area contributed by atoms with Gasteiger partial charge in [0.15, 0.2) is 0 Å². The van der Waals surface area contributed by atoms with E-state index in [9.17, 15) is 0 Å². The summed E-state index contributed by atoms with van der Waals surface area (Å²) in [4.78, 5) is 0. The molecule has 0 saturated heterocycles. The molecule has 78 valence electrons. The second-order valence-electron chi connectivity index (χ2n) is 3.45. The SMILES string of the molecule is Cc1ccc(C)cc1.Clc1ccccc1. The van der Waals surface area contributed by atoms with E-state index in [0.717, 1.165) is 5.02 Å². The number of rotatable bonds is 0. The van der Waals surface area contributed by atoms with Crippen LogP contribution >= 0.6 is 11.6 Å². The Morgan fingerprint density at radius 2 is 1.07 bits per heavy atom. The van der Waals surface area contributed by atoms with Crippen molar-refractivity contribution in [3.05, 3.63) is 70.7 Å². The summed E-state index contributed by atoms with van der Waals surface area (Å²) in [6, 6.07) is 17.9. The van der Waals surface area contributed by atoms with Gasteiger partial charge in [-0.1, -0.05) is 65.2 Å². The Labute approximate surface area is 96.5 Å². The normalized spacial score (nSPS) is 9.00. The number of halogens is 1. The first-order chi connectivity index (χ1) is 7.18. The van der Waals surface area contributed by atoms with Crippen LogP contribution in [-0.2, 0) is 0 Å². The van der Waals surface area contributed by atoms with Crippen molar-refractivity contribution in [1.82, 2.24) is 0 Å². The van der Waals surface area contributed by atoms with Gasteiger partial charge >= 0.3 is 0 Å². The smallest absolute Gasteiger partial charge is 0.0405 e. The van der Waals surface area contributed by atoms with Gasteiger partial charge in [-0.15, -0.1) is 0 Å². The number of hydrogen-bond acceptors (Lipinski definition) is 0. The molecule has 0 amide bonds. The molecule has 2 aromatic rings. The lowest BCUT2D eigenvalue weighted by atomic mass is 10.2. The zero-order valence-electron chi connectivity index (χ0n) is 9.07. The van der Waals surface area contributed by atoms with E-state index in [-0.39, 0.29) is 0 Å². The molecule has 0 aliphatic rings. The molecule has 0 saturated carbocycles. The summed E-state index contributed by atoms with van der Waals surface area (Å²) in [6.07, 6.45) is 0. The molecule has 1 heteroatoms. The van der Waals surface area contributed by atoms with Gasteiger partial charge in [0.05, 0.1) is 0 Å². The van der Waals surface area contributed by atoms with Crippen LogP contribution in [0.4, 0.5) is 0 Å². The molecule has 0 atom stereocenters. The molecule has 2 rings (SSSR count). The molecule has 0 radical (unpaired) electrons. The standard InChI is InChI=1S/C8H10.C6H5Cl/c1-7-3-5-8(2)6-4-7;7-6-4-2-1-3-5-6/h3-6H,1-2H3;1-5H. The second kappa shape index (κ2) is 6.26. The first-order valence-electron chi connectivity index (χ1n) is 4.92. The monoisotopic (exact) mass is 218 g/mol. The van der Waals surface area contributed by atoms with Crippen molar-refractivity contribution in [3.8, 4) is 0 Å². The average Bonchev–Trinajstić information content (AvgIpc) is 2.25. The molecule has 0 spiro atoms. The summed E-state index contributed by atoms with van der Waals surface area (Å²) in [5.74, 6) is 0. The Kier molecular flexibility index (Phi) is 4.92. The number of aryl methyl sites for hydroxylation is 2. The van der Waals surface area contributed by atoms with Crippen LogP contribution in [0.2, 0.25) is 5.02 Å². The topological polar surface area (TPSA) is 0 Å². The van der Waals surface area contributed by atoms with Crippen molar-refractivity contribution in [2.45, 2.75) is 13.8 Å². The highest BCUT2D eigenvalue weighted by atomic mass is 35.5. The Morgan fingerprint density at radius 3 is 1.33 bits per heavy atom. The van der Waals surface area contributed by atoms with Crippen LogP contribution in [0.15, 0.2) is 54.6 Å². The van der Waals surface area contributed by atoms with Crippen molar-refractivity contribution in [2.75, 3.05) is 0 Å². The van der Waals surface area contributed by atoms with Crippen LogP contribution in [0.25, 0.3) is 0 Å². The summed E-state index contributed by atoms with van der Waals surface area (Å²) in [7, 11) is 0. The zero-order chi connectivity index (χ0) is 11.1. The zero-order valence-corrected chi connectivity index (χ0v) is 9.83. The first kappa shape index (κ1) is 11.8. The molecule has 0 unspecified atom stereocenters. The molecule has 0 aliphatic carbocycles. The number of hydrogen-bond donors (Lipinski definition) is 0. The molecule has 15 heavy (non-hydrogen) atoms. The van der Waals surface area contributed by atoms with Crippen LogP contribution in [0.1, 0.15) is 11.1 Å². The lowest BCUT2D eigenvalue weighted by Crippen LogP contribution is -1.70. The van der Waals surface area contributed by atoms with Crippen LogP contribution in [-0.4, -0.2) is 0 Å². The van der Waals surface area contributed by atoms with Gasteiger partial charge in [-0.3, -0.25) is 0 Å². The molecule has 0 bridgehead atoms. The molecule has 0 aliphatic heterocycles. The van der Waals surface area contributed by atoms with Crippen molar-refractivity contribution in [2.24, 2.45) is 0 Å². The van der Waals surface area contributed by atoms with E-state index >= 15 is 0 Å². The van der Waals surface area contributed by atoms with E-state index in [1.54, 1.807) is 0 Å². The minimum atomic E-state index is 0.794. The molecule has 0 heterocycles. The molecular formula is C14H15Cl. The largest absolute Gasteiger partial charge is 0.0843 e. The lowest BCUT2D eigenvalue weighted by Gasteiger charge is -1.90. The maximum atomic E-state index is 5.54. The maximum absolute atomic E-state index is 5.54. The molecular weight excluding hydrogens is 204 g/mol.